The highest BCUT2D eigenvalue weighted by atomic mass is 35.5. The van der Waals surface area contributed by atoms with Gasteiger partial charge < -0.3 is 14.1 Å². The van der Waals surface area contributed by atoms with Crippen LogP contribution in [0.1, 0.15) is 29.8 Å². The normalized spacial score (nSPS) is 18.0. The van der Waals surface area contributed by atoms with Crippen LogP contribution >= 0.6 is 11.6 Å². The largest absolute Gasteiger partial charge is 0.463 e. The molecular formula is C25H29ClN4O3. The zero-order valence-corrected chi connectivity index (χ0v) is 19.4. The zero-order valence-electron chi connectivity index (χ0n) is 18.7. The highest BCUT2D eigenvalue weighted by molar-refractivity contribution is 6.30. The minimum atomic E-state index is -0.0322. The second-order valence-electron chi connectivity index (χ2n) is 8.76. The Kier molecular flexibility index (Phi) is 6.80. The molecule has 2 aromatic heterocycles. The lowest BCUT2D eigenvalue weighted by molar-refractivity contribution is 0.0332. The molecule has 2 saturated heterocycles. The number of hydrogen-bond donors (Lipinski definition) is 0. The molecule has 4 heterocycles. The summed E-state index contributed by atoms with van der Waals surface area (Å²) in [7, 11) is 0. The van der Waals surface area contributed by atoms with Crippen LogP contribution in [0, 0.1) is 5.92 Å². The summed E-state index contributed by atoms with van der Waals surface area (Å²) in [6.07, 6.45) is 4.88. The minimum absolute atomic E-state index is 0.0322. The van der Waals surface area contributed by atoms with E-state index in [2.05, 4.69) is 10.00 Å². The third kappa shape index (κ3) is 5.16. The van der Waals surface area contributed by atoms with Crippen molar-refractivity contribution < 1.29 is 13.9 Å². The second-order valence-corrected chi connectivity index (χ2v) is 9.20. The molecule has 5 rings (SSSR count). The molecule has 1 amide bonds. The van der Waals surface area contributed by atoms with E-state index in [0.717, 1.165) is 70.2 Å². The Bertz CT molecular complexity index is 1070. The SMILES string of the molecule is O=C(c1cc(-c2ccco2)n(-c2cccc(Cl)c2)n1)N1CCC(CCN2CCOCC2)CC1. The number of likely N-dealkylation sites (tertiary alicyclic amines) is 1. The highest BCUT2D eigenvalue weighted by Crippen LogP contribution is 2.28. The van der Waals surface area contributed by atoms with Gasteiger partial charge in [0.1, 0.15) is 5.69 Å². The first kappa shape index (κ1) is 22.2. The van der Waals surface area contributed by atoms with Crippen LogP contribution in [0.3, 0.4) is 0 Å². The van der Waals surface area contributed by atoms with Crippen molar-refractivity contribution in [2.24, 2.45) is 5.92 Å². The number of ether oxygens (including phenoxy) is 1. The van der Waals surface area contributed by atoms with Crippen molar-refractivity contribution in [3.63, 3.8) is 0 Å². The van der Waals surface area contributed by atoms with Gasteiger partial charge in [0.25, 0.3) is 5.91 Å². The number of carbonyl (C=O) groups is 1. The fourth-order valence-electron chi connectivity index (χ4n) is 4.67. The van der Waals surface area contributed by atoms with Crippen molar-refractivity contribution in [3.8, 4) is 17.1 Å². The zero-order chi connectivity index (χ0) is 22.6. The Labute approximate surface area is 198 Å². The Hall–Kier alpha value is -2.61. The van der Waals surface area contributed by atoms with E-state index in [0.29, 0.717) is 22.4 Å². The van der Waals surface area contributed by atoms with Crippen LogP contribution < -0.4 is 0 Å². The fraction of sp³-hybridized carbons (Fsp3) is 0.440. The first-order valence-corrected chi connectivity index (χ1v) is 12.0. The molecule has 174 valence electrons. The Morgan fingerprint density at radius 3 is 2.61 bits per heavy atom. The van der Waals surface area contributed by atoms with Crippen molar-refractivity contribution in [2.45, 2.75) is 19.3 Å². The lowest BCUT2D eigenvalue weighted by Crippen LogP contribution is -2.41. The molecule has 0 saturated carbocycles. The van der Waals surface area contributed by atoms with Crippen LogP contribution in [0.2, 0.25) is 5.02 Å². The molecule has 0 radical (unpaired) electrons. The molecule has 1 aromatic carbocycles. The van der Waals surface area contributed by atoms with Crippen molar-refractivity contribution in [1.82, 2.24) is 19.6 Å². The average Bonchev–Trinajstić information content (AvgIpc) is 3.54. The van der Waals surface area contributed by atoms with E-state index < -0.39 is 0 Å². The van der Waals surface area contributed by atoms with Gasteiger partial charge in [0.2, 0.25) is 0 Å². The third-order valence-electron chi connectivity index (χ3n) is 6.61. The molecule has 0 N–H and O–H groups in total. The molecular weight excluding hydrogens is 440 g/mol. The molecule has 2 aliphatic rings. The van der Waals surface area contributed by atoms with Gasteiger partial charge in [0, 0.05) is 37.3 Å². The molecule has 7 nitrogen and oxygen atoms in total. The summed E-state index contributed by atoms with van der Waals surface area (Å²) < 4.78 is 12.8. The molecule has 0 unspecified atom stereocenters. The molecule has 8 heteroatoms. The molecule has 3 aromatic rings. The first-order valence-electron chi connectivity index (χ1n) is 11.7. The van der Waals surface area contributed by atoms with Gasteiger partial charge in [-0.1, -0.05) is 17.7 Å². The summed E-state index contributed by atoms with van der Waals surface area (Å²) in [5.74, 6) is 1.29. The van der Waals surface area contributed by atoms with Crippen LogP contribution in [0.4, 0.5) is 0 Å². The van der Waals surface area contributed by atoms with Gasteiger partial charge in [-0.25, -0.2) is 4.68 Å². The summed E-state index contributed by atoms with van der Waals surface area (Å²) >= 11 is 6.20. The predicted molar refractivity (Wildman–Crippen MR) is 127 cm³/mol. The molecule has 0 atom stereocenters. The highest BCUT2D eigenvalue weighted by Gasteiger charge is 2.27. The standard InChI is InChI=1S/C25H29ClN4O3/c26-20-3-1-4-21(17-20)30-23(24-5-2-14-33-24)18-22(27-30)25(31)29-10-7-19(8-11-29)6-9-28-12-15-32-16-13-28/h1-5,14,17-19H,6-13,15-16H2. The minimum Gasteiger partial charge on any atom is -0.463 e. The van der Waals surface area contributed by atoms with Crippen molar-refractivity contribution in [3.05, 3.63) is 59.4 Å². The number of aromatic nitrogens is 2. The number of halogens is 1. The van der Waals surface area contributed by atoms with Gasteiger partial charge in [0.15, 0.2) is 11.5 Å². The van der Waals surface area contributed by atoms with Crippen LogP contribution in [0.15, 0.2) is 53.1 Å². The van der Waals surface area contributed by atoms with Gasteiger partial charge in [-0.2, -0.15) is 5.10 Å². The maximum absolute atomic E-state index is 13.3. The summed E-state index contributed by atoms with van der Waals surface area (Å²) in [5, 5.41) is 5.27. The van der Waals surface area contributed by atoms with Crippen molar-refractivity contribution >= 4 is 17.5 Å². The lowest BCUT2D eigenvalue weighted by atomic mass is 9.93. The van der Waals surface area contributed by atoms with Crippen LogP contribution in [0.5, 0.6) is 0 Å². The number of rotatable bonds is 6. The van der Waals surface area contributed by atoms with Gasteiger partial charge in [-0.3, -0.25) is 9.69 Å². The smallest absolute Gasteiger partial charge is 0.274 e. The van der Waals surface area contributed by atoms with Gasteiger partial charge >= 0.3 is 0 Å². The van der Waals surface area contributed by atoms with E-state index in [4.69, 9.17) is 20.8 Å². The number of morpholine rings is 1. The number of amides is 1. The maximum atomic E-state index is 13.3. The van der Waals surface area contributed by atoms with Gasteiger partial charge in [-0.05, 0) is 62.1 Å². The monoisotopic (exact) mass is 468 g/mol. The van der Waals surface area contributed by atoms with E-state index in [1.54, 1.807) is 10.9 Å². The lowest BCUT2D eigenvalue weighted by Gasteiger charge is -2.33. The molecule has 33 heavy (non-hydrogen) atoms. The van der Waals surface area contributed by atoms with E-state index in [9.17, 15) is 4.79 Å². The average molecular weight is 469 g/mol. The number of hydrogen-bond acceptors (Lipinski definition) is 5. The van der Waals surface area contributed by atoms with E-state index in [1.165, 1.54) is 6.42 Å². The van der Waals surface area contributed by atoms with Crippen molar-refractivity contribution in [1.29, 1.82) is 0 Å². The van der Waals surface area contributed by atoms with E-state index in [-0.39, 0.29) is 5.91 Å². The molecule has 2 fully saturated rings. The number of piperidine rings is 1. The Balaban J connectivity index is 1.27. The second kappa shape index (κ2) is 10.1. The topological polar surface area (TPSA) is 63.7 Å². The van der Waals surface area contributed by atoms with Gasteiger partial charge in [-0.15, -0.1) is 0 Å². The maximum Gasteiger partial charge on any atom is 0.274 e. The fourth-order valence-corrected chi connectivity index (χ4v) is 4.85. The van der Waals surface area contributed by atoms with E-state index >= 15 is 0 Å². The molecule has 2 aliphatic heterocycles. The summed E-state index contributed by atoms with van der Waals surface area (Å²) in [6.45, 7) is 6.41. The third-order valence-corrected chi connectivity index (χ3v) is 6.85. The Morgan fingerprint density at radius 2 is 1.88 bits per heavy atom. The summed E-state index contributed by atoms with van der Waals surface area (Å²) in [4.78, 5) is 17.7. The molecule has 0 bridgehead atoms. The van der Waals surface area contributed by atoms with Crippen LogP contribution in [-0.4, -0.2) is 71.4 Å². The number of furan rings is 1. The van der Waals surface area contributed by atoms with E-state index in [1.807, 2.05) is 47.4 Å². The number of carbonyl (C=O) groups excluding carboxylic acids is 1. The van der Waals surface area contributed by atoms with Crippen LogP contribution in [-0.2, 0) is 4.74 Å². The molecule has 0 spiro atoms. The first-order chi connectivity index (χ1) is 16.2. The predicted octanol–water partition coefficient (Wildman–Crippen LogP) is 4.36. The number of benzene rings is 1. The summed E-state index contributed by atoms with van der Waals surface area (Å²) in [5.41, 5.74) is 1.94. The molecule has 0 aliphatic carbocycles. The summed E-state index contributed by atoms with van der Waals surface area (Å²) in [6, 6.07) is 12.9. The Morgan fingerprint density at radius 1 is 1.06 bits per heavy atom. The number of nitrogens with zero attached hydrogens (tertiary/aromatic N) is 4. The quantitative estimate of drug-likeness (QED) is 0.537. The van der Waals surface area contributed by atoms with Crippen molar-refractivity contribution in [2.75, 3.05) is 45.9 Å². The van der Waals surface area contributed by atoms with Crippen LogP contribution in [0.25, 0.3) is 17.1 Å². The van der Waals surface area contributed by atoms with Gasteiger partial charge in [0.05, 0.1) is 25.2 Å².